The molecule has 0 aliphatic rings. The van der Waals surface area contributed by atoms with Crippen molar-refractivity contribution in [1.82, 2.24) is 10.6 Å². The summed E-state index contributed by atoms with van der Waals surface area (Å²) in [7, 11) is 9.62. The zero-order valence-corrected chi connectivity index (χ0v) is 19.4. The van der Waals surface area contributed by atoms with Crippen molar-refractivity contribution in [2.45, 2.75) is 0 Å². The lowest BCUT2D eigenvalue weighted by Crippen LogP contribution is -2.21. The summed E-state index contributed by atoms with van der Waals surface area (Å²) in [4.78, 5) is 0. The van der Waals surface area contributed by atoms with Gasteiger partial charge < -0.3 is 31.9 Å². The molecule has 0 heterocycles. The lowest BCUT2D eigenvalue weighted by Gasteiger charge is -2.06. The van der Waals surface area contributed by atoms with E-state index >= 15 is 0 Å². The van der Waals surface area contributed by atoms with Gasteiger partial charge in [0.25, 0.3) is 0 Å². The number of anilines is 5. The molecule has 6 nitrogen and oxygen atoms in total. The van der Waals surface area contributed by atoms with Crippen molar-refractivity contribution in [2.24, 2.45) is 0 Å². The Morgan fingerprint density at radius 3 is 1.06 bits per heavy atom. The molecule has 0 amide bonds. The molecule has 168 valence electrons. The third kappa shape index (κ3) is 11.5. The van der Waals surface area contributed by atoms with Crippen LogP contribution in [0.2, 0.25) is 0 Å². The predicted octanol–water partition coefficient (Wildman–Crippen LogP) is 4.67. The first-order chi connectivity index (χ1) is 15.2. The largest absolute Gasteiger partial charge is 0.388 e. The molecule has 6 heteroatoms. The minimum absolute atomic E-state index is 1.05. The van der Waals surface area contributed by atoms with Crippen LogP contribution in [0.3, 0.4) is 0 Å². The number of nitrogens with one attached hydrogen (secondary N) is 6. The molecule has 0 spiro atoms. The molecular formula is C25H38N6. The Kier molecular flexibility index (Phi) is 13.8. The van der Waals surface area contributed by atoms with Crippen molar-refractivity contribution in [3.8, 4) is 0 Å². The molecule has 6 N–H and O–H groups in total. The maximum Gasteiger partial charge on any atom is 0.0385 e. The van der Waals surface area contributed by atoms with Gasteiger partial charge in [0.05, 0.1) is 0 Å². The molecule has 31 heavy (non-hydrogen) atoms. The highest BCUT2D eigenvalue weighted by atomic mass is 14.9. The number of para-hydroxylation sites is 1. The standard InChI is InChI=1S/C13H14N2.C8H12N2.C4H12N2/c1-14-11-7-9-13(10-8-11)15-12-5-3-2-4-6-12;1-9-7-3-5-8(10-2)6-4-7;1-5-3-4-6-2/h2-10,14-15H,1H3;3-6,9-10H,1-2H3;5-6H,3-4H2,1-2H3. The molecule has 0 aromatic heterocycles. The molecule has 0 saturated heterocycles. The summed E-state index contributed by atoms with van der Waals surface area (Å²) in [5.41, 5.74) is 5.60. The highest BCUT2D eigenvalue weighted by Gasteiger charge is 1.93. The van der Waals surface area contributed by atoms with Crippen LogP contribution in [0.25, 0.3) is 0 Å². The number of likely N-dealkylation sites (N-methyl/N-ethyl adjacent to an activating group) is 2. The fourth-order valence-corrected chi connectivity index (χ4v) is 2.46. The Morgan fingerprint density at radius 2 is 0.742 bits per heavy atom. The van der Waals surface area contributed by atoms with E-state index < -0.39 is 0 Å². The second-order valence-electron chi connectivity index (χ2n) is 6.60. The second-order valence-corrected chi connectivity index (χ2v) is 6.60. The van der Waals surface area contributed by atoms with E-state index in [1.54, 1.807) is 0 Å². The predicted molar refractivity (Wildman–Crippen MR) is 139 cm³/mol. The SMILES string of the molecule is CNCCNC.CNc1ccc(NC)cc1.CNc1ccc(Nc2ccccc2)cc1. The average Bonchev–Trinajstić information content (AvgIpc) is 2.84. The fraction of sp³-hybridized carbons (Fsp3) is 0.280. The normalized spacial score (nSPS) is 9.32. The summed E-state index contributed by atoms with van der Waals surface area (Å²) in [5.74, 6) is 0. The third-order valence-corrected chi connectivity index (χ3v) is 4.32. The van der Waals surface area contributed by atoms with Gasteiger partial charge in [0.15, 0.2) is 0 Å². The molecule has 0 saturated carbocycles. The lowest BCUT2D eigenvalue weighted by atomic mass is 10.2. The number of rotatable bonds is 8. The van der Waals surface area contributed by atoms with Gasteiger partial charge in [-0.2, -0.15) is 0 Å². The summed E-state index contributed by atoms with van der Waals surface area (Å²) in [5, 5.41) is 18.5. The second kappa shape index (κ2) is 16.6. The summed E-state index contributed by atoms with van der Waals surface area (Å²) < 4.78 is 0. The van der Waals surface area contributed by atoms with E-state index in [0.717, 1.165) is 41.5 Å². The molecule has 0 bridgehead atoms. The van der Waals surface area contributed by atoms with Crippen molar-refractivity contribution in [2.75, 3.05) is 69.6 Å². The third-order valence-electron chi connectivity index (χ3n) is 4.32. The van der Waals surface area contributed by atoms with Gasteiger partial charge in [0.2, 0.25) is 0 Å². The molecule has 3 aromatic carbocycles. The quantitative estimate of drug-likeness (QED) is 0.297. The van der Waals surface area contributed by atoms with Gasteiger partial charge >= 0.3 is 0 Å². The highest BCUT2D eigenvalue weighted by Crippen LogP contribution is 2.18. The zero-order valence-electron chi connectivity index (χ0n) is 19.4. The maximum absolute atomic E-state index is 3.33. The van der Waals surface area contributed by atoms with E-state index in [4.69, 9.17) is 0 Å². The van der Waals surface area contributed by atoms with Crippen LogP contribution >= 0.6 is 0 Å². The maximum atomic E-state index is 3.33. The molecule has 0 unspecified atom stereocenters. The smallest absolute Gasteiger partial charge is 0.0385 e. The Bertz CT molecular complexity index is 762. The van der Waals surface area contributed by atoms with Gasteiger partial charge in [-0.05, 0) is 74.8 Å². The number of hydrogen-bond acceptors (Lipinski definition) is 6. The van der Waals surface area contributed by atoms with E-state index in [0.29, 0.717) is 0 Å². The van der Waals surface area contributed by atoms with Gasteiger partial charge in [-0.25, -0.2) is 0 Å². The zero-order chi connectivity index (χ0) is 22.7. The lowest BCUT2D eigenvalue weighted by molar-refractivity contribution is 0.718. The molecule has 0 aliphatic carbocycles. The molecule has 3 aromatic rings. The van der Waals surface area contributed by atoms with Gasteiger partial charge in [-0.1, -0.05) is 18.2 Å². The van der Waals surface area contributed by atoms with Crippen molar-refractivity contribution in [3.63, 3.8) is 0 Å². The monoisotopic (exact) mass is 422 g/mol. The van der Waals surface area contributed by atoms with Gasteiger partial charge in [0.1, 0.15) is 0 Å². The molecule has 0 atom stereocenters. The minimum Gasteiger partial charge on any atom is -0.388 e. The topological polar surface area (TPSA) is 72.2 Å². The molecule has 0 fully saturated rings. The van der Waals surface area contributed by atoms with Gasteiger partial charge in [0, 0.05) is 62.7 Å². The van der Waals surface area contributed by atoms with Crippen LogP contribution in [0.1, 0.15) is 0 Å². The van der Waals surface area contributed by atoms with Crippen molar-refractivity contribution in [3.05, 3.63) is 78.9 Å². The van der Waals surface area contributed by atoms with Crippen molar-refractivity contribution >= 4 is 28.4 Å². The summed E-state index contributed by atoms with van der Waals surface area (Å²) in [6, 6.07) is 26.5. The van der Waals surface area contributed by atoms with Crippen LogP contribution in [0.15, 0.2) is 78.9 Å². The Labute approximate surface area is 187 Å². The van der Waals surface area contributed by atoms with E-state index in [-0.39, 0.29) is 0 Å². The Morgan fingerprint density at radius 1 is 0.419 bits per heavy atom. The minimum atomic E-state index is 1.05. The molecular weight excluding hydrogens is 384 g/mol. The van der Waals surface area contributed by atoms with Gasteiger partial charge in [-0.15, -0.1) is 0 Å². The van der Waals surface area contributed by atoms with Crippen LogP contribution in [0, 0.1) is 0 Å². The van der Waals surface area contributed by atoms with Crippen molar-refractivity contribution < 1.29 is 0 Å². The Hall–Kier alpha value is -3.22. The molecule has 0 aliphatic heterocycles. The van der Waals surface area contributed by atoms with Crippen LogP contribution in [0.5, 0.6) is 0 Å². The number of hydrogen-bond donors (Lipinski definition) is 6. The van der Waals surface area contributed by atoms with E-state index in [1.807, 2.05) is 102 Å². The molecule has 0 radical (unpaired) electrons. The summed E-state index contributed by atoms with van der Waals surface area (Å²) in [6.45, 7) is 2.10. The van der Waals surface area contributed by atoms with Crippen molar-refractivity contribution in [1.29, 1.82) is 0 Å². The van der Waals surface area contributed by atoms with Crippen LogP contribution in [0.4, 0.5) is 28.4 Å². The van der Waals surface area contributed by atoms with Gasteiger partial charge in [-0.3, -0.25) is 0 Å². The highest BCUT2D eigenvalue weighted by molar-refractivity contribution is 5.62. The first-order valence-corrected chi connectivity index (χ1v) is 10.5. The van der Waals surface area contributed by atoms with E-state index in [2.05, 4.69) is 44.0 Å². The summed E-state index contributed by atoms with van der Waals surface area (Å²) >= 11 is 0. The fourth-order valence-electron chi connectivity index (χ4n) is 2.46. The van der Waals surface area contributed by atoms with E-state index in [1.165, 1.54) is 0 Å². The van der Waals surface area contributed by atoms with Crippen LogP contribution in [-0.4, -0.2) is 48.3 Å². The first-order valence-electron chi connectivity index (χ1n) is 10.5. The number of benzene rings is 3. The Balaban J connectivity index is 0.000000260. The molecule has 3 rings (SSSR count). The first kappa shape index (κ1) is 25.8. The van der Waals surface area contributed by atoms with E-state index in [9.17, 15) is 0 Å². The average molecular weight is 423 g/mol. The van der Waals surface area contributed by atoms with Crippen LogP contribution < -0.4 is 31.9 Å². The van der Waals surface area contributed by atoms with Crippen LogP contribution in [-0.2, 0) is 0 Å². The summed E-state index contributed by atoms with van der Waals surface area (Å²) in [6.07, 6.45) is 0.